The monoisotopic (exact) mass is 329 g/mol. The molecule has 0 aromatic rings. The predicted octanol–water partition coefficient (Wildman–Crippen LogP) is 3.82. The van der Waals surface area contributed by atoms with E-state index in [9.17, 15) is 0 Å². The van der Waals surface area contributed by atoms with Gasteiger partial charge in [0.05, 0.1) is 32.0 Å². The summed E-state index contributed by atoms with van der Waals surface area (Å²) < 4.78 is 22.6. The van der Waals surface area contributed by atoms with Gasteiger partial charge in [-0.2, -0.15) is 0 Å². The fourth-order valence-corrected chi connectivity index (χ4v) is 2.45. The molecule has 23 heavy (non-hydrogen) atoms. The van der Waals surface area contributed by atoms with Crippen molar-refractivity contribution < 1.29 is 18.9 Å². The van der Waals surface area contributed by atoms with E-state index in [0.717, 1.165) is 38.7 Å². The predicted molar refractivity (Wildman–Crippen MR) is 88.3 cm³/mol. The standard InChI is InChI=1S/C16H31N3O4/c1-3-16(2,8-6-9-18-19-17)23-14-12-20-11-13-22-15-7-4-5-10-21-15/h15H,3-14H2,1-2H3. The Kier molecular flexibility index (Phi) is 11.0. The molecule has 0 radical (unpaired) electrons. The van der Waals surface area contributed by atoms with Crippen LogP contribution in [0, 0.1) is 0 Å². The van der Waals surface area contributed by atoms with Gasteiger partial charge in [-0.05, 0) is 51.0 Å². The van der Waals surface area contributed by atoms with E-state index in [-0.39, 0.29) is 11.9 Å². The van der Waals surface area contributed by atoms with E-state index in [2.05, 4.69) is 23.9 Å². The molecule has 0 N–H and O–H groups in total. The summed E-state index contributed by atoms with van der Waals surface area (Å²) in [7, 11) is 0. The summed E-state index contributed by atoms with van der Waals surface area (Å²) in [5.41, 5.74) is 8.09. The quantitative estimate of drug-likeness (QED) is 0.222. The van der Waals surface area contributed by atoms with Crippen LogP contribution in [0.4, 0.5) is 0 Å². The Balaban J connectivity index is 1.99. The van der Waals surface area contributed by atoms with E-state index in [1.54, 1.807) is 0 Å². The Morgan fingerprint density at radius 3 is 2.78 bits per heavy atom. The molecule has 1 heterocycles. The van der Waals surface area contributed by atoms with Gasteiger partial charge in [-0.25, -0.2) is 0 Å². The molecule has 0 spiro atoms. The van der Waals surface area contributed by atoms with Crippen molar-refractivity contribution in [1.29, 1.82) is 0 Å². The third kappa shape index (κ3) is 9.79. The van der Waals surface area contributed by atoms with Crippen molar-refractivity contribution in [3.05, 3.63) is 10.4 Å². The van der Waals surface area contributed by atoms with Crippen LogP contribution in [0.1, 0.15) is 52.4 Å². The topological polar surface area (TPSA) is 85.7 Å². The average molecular weight is 329 g/mol. The van der Waals surface area contributed by atoms with Crippen molar-refractivity contribution in [2.45, 2.75) is 64.3 Å². The number of ether oxygens (including phenoxy) is 4. The molecular formula is C16H31N3O4. The normalized spacial score (nSPS) is 20.7. The molecule has 0 aromatic carbocycles. The van der Waals surface area contributed by atoms with Crippen LogP contribution in [-0.2, 0) is 18.9 Å². The lowest BCUT2D eigenvalue weighted by molar-refractivity contribution is -0.170. The first-order valence-electron chi connectivity index (χ1n) is 8.66. The van der Waals surface area contributed by atoms with Gasteiger partial charge in [-0.15, -0.1) is 0 Å². The molecule has 134 valence electrons. The second kappa shape index (κ2) is 12.6. The Labute approximate surface area is 139 Å². The van der Waals surface area contributed by atoms with E-state index < -0.39 is 0 Å². The van der Waals surface area contributed by atoms with Gasteiger partial charge in [0.1, 0.15) is 0 Å². The third-order valence-electron chi connectivity index (χ3n) is 4.12. The zero-order valence-electron chi connectivity index (χ0n) is 14.5. The van der Waals surface area contributed by atoms with Crippen molar-refractivity contribution in [1.82, 2.24) is 0 Å². The molecule has 0 aliphatic carbocycles. The van der Waals surface area contributed by atoms with Crippen LogP contribution in [0.5, 0.6) is 0 Å². The molecule has 7 nitrogen and oxygen atoms in total. The lowest BCUT2D eigenvalue weighted by atomic mass is 9.97. The first kappa shape index (κ1) is 20.2. The van der Waals surface area contributed by atoms with Crippen LogP contribution in [0.25, 0.3) is 10.4 Å². The third-order valence-corrected chi connectivity index (χ3v) is 4.12. The first-order chi connectivity index (χ1) is 11.2. The highest BCUT2D eigenvalue weighted by atomic mass is 16.7. The molecule has 2 atom stereocenters. The highest BCUT2D eigenvalue weighted by Gasteiger charge is 2.21. The van der Waals surface area contributed by atoms with Gasteiger partial charge in [0, 0.05) is 18.1 Å². The minimum absolute atomic E-state index is 0.0527. The first-order valence-corrected chi connectivity index (χ1v) is 8.66. The second-order valence-corrected chi connectivity index (χ2v) is 5.99. The van der Waals surface area contributed by atoms with E-state index in [0.29, 0.717) is 33.0 Å². The summed E-state index contributed by atoms with van der Waals surface area (Å²) in [4.78, 5) is 2.76. The van der Waals surface area contributed by atoms with Crippen LogP contribution >= 0.6 is 0 Å². The molecule has 1 saturated heterocycles. The van der Waals surface area contributed by atoms with Crippen molar-refractivity contribution in [3.8, 4) is 0 Å². The molecule has 0 amide bonds. The highest BCUT2D eigenvalue weighted by molar-refractivity contribution is 4.73. The minimum atomic E-state index is -0.180. The fourth-order valence-electron chi connectivity index (χ4n) is 2.45. The van der Waals surface area contributed by atoms with Crippen molar-refractivity contribution in [2.75, 3.05) is 39.6 Å². The van der Waals surface area contributed by atoms with Gasteiger partial charge in [0.15, 0.2) is 6.29 Å². The molecule has 2 unspecified atom stereocenters. The Morgan fingerprint density at radius 1 is 1.26 bits per heavy atom. The second-order valence-electron chi connectivity index (χ2n) is 5.99. The van der Waals surface area contributed by atoms with Gasteiger partial charge in [0.2, 0.25) is 0 Å². The minimum Gasteiger partial charge on any atom is -0.377 e. The van der Waals surface area contributed by atoms with E-state index in [4.69, 9.17) is 24.5 Å². The lowest BCUT2D eigenvalue weighted by Gasteiger charge is -2.28. The largest absolute Gasteiger partial charge is 0.377 e. The Bertz CT molecular complexity index is 344. The molecule has 1 aliphatic rings. The maximum Gasteiger partial charge on any atom is 0.157 e. The zero-order chi connectivity index (χ0) is 16.8. The number of rotatable bonds is 13. The van der Waals surface area contributed by atoms with Gasteiger partial charge >= 0.3 is 0 Å². The van der Waals surface area contributed by atoms with E-state index in [1.165, 1.54) is 6.42 Å². The molecule has 7 heteroatoms. The maximum absolute atomic E-state index is 8.27. The molecule has 1 aliphatic heterocycles. The van der Waals surface area contributed by atoms with Crippen molar-refractivity contribution in [3.63, 3.8) is 0 Å². The van der Waals surface area contributed by atoms with Gasteiger partial charge < -0.3 is 18.9 Å². The molecular weight excluding hydrogens is 298 g/mol. The zero-order valence-corrected chi connectivity index (χ0v) is 14.5. The summed E-state index contributed by atoms with van der Waals surface area (Å²) >= 11 is 0. The summed E-state index contributed by atoms with van der Waals surface area (Å²) in [6.45, 7) is 7.75. The highest BCUT2D eigenvalue weighted by Crippen LogP contribution is 2.21. The van der Waals surface area contributed by atoms with Gasteiger partial charge in [-0.3, -0.25) is 0 Å². The smallest absolute Gasteiger partial charge is 0.157 e. The van der Waals surface area contributed by atoms with Crippen LogP contribution < -0.4 is 0 Å². The number of nitrogens with zero attached hydrogens (tertiary/aromatic N) is 3. The lowest BCUT2D eigenvalue weighted by Crippen LogP contribution is -2.30. The van der Waals surface area contributed by atoms with Crippen LogP contribution in [0.15, 0.2) is 5.11 Å². The van der Waals surface area contributed by atoms with E-state index >= 15 is 0 Å². The number of hydrogen-bond acceptors (Lipinski definition) is 5. The molecule has 0 aromatic heterocycles. The molecule has 0 bridgehead atoms. The van der Waals surface area contributed by atoms with Crippen LogP contribution in [-0.4, -0.2) is 51.5 Å². The Morgan fingerprint density at radius 2 is 2.09 bits per heavy atom. The molecule has 1 fully saturated rings. The van der Waals surface area contributed by atoms with Crippen molar-refractivity contribution >= 4 is 0 Å². The average Bonchev–Trinajstić information content (AvgIpc) is 2.59. The van der Waals surface area contributed by atoms with Crippen LogP contribution in [0.3, 0.4) is 0 Å². The molecule has 0 saturated carbocycles. The SMILES string of the molecule is CCC(C)(CCCN=[N+]=[N-])OCCOCCOC1CCCCO1. The summed E-state index contributed by atoms with van der Waals surface area (Å²) in [5, 5.41) is 3.55. The van der Waals surface area contributed by atoms with Gasteiger partial charge in [-0.1, -0.05) is 12.0 Å². The number of azide groups is 1. The van der Waals surface area contributed by atoms with E-state index in [1.807, 2.05) is 0 Å². The van der Waals surface area contributed by atoms with Gasteiger partial charge in [0.25, 0.3) is 0 Å². The van der Waals surface area contributed by atoms with Crippen LogP contribution in [0.2, 0.25) is 0 Å². The Hall–Kier alpha value is -0.850. The summed E-state index contributed by atoms with van der Waals surface area (Å²) in [6.07, 6.45) is 5.87. The fraction of sp³-hybridized carbons (Fsp3) is 1.00. The maximum atomic E-state index is 8.27. The summed E-state index contributed by atoms with van der Waals surface area (Å²) in [6, 6.07) is 0. The summed E-state index contributed by atoms with van der Waals surface area (Å²) in [5.74, 6) is 0. The van der Waals surface area contributed by atoms with Crippen molar-refractivity contribution in [2.24, 2.45) is 5.11 Å². The number of hydrogen-bond donors (Lipinski definition) is 0. The molecule has 1 rings (SSSR count).